The normalized spacial score (nSPS) is 11.7. The summed E-state index contributed by atoms with van der Waals surface area (Å²) >= 11 is 0. The van der Waals surface area contributed by atoms with E-state index in [1.54, 1.807) is 4.68 Å². The third-order valence-corrected chi connectivity index (χ3v) is 2.19. The molecular formula is C10H11N5O. The Morgan fingerprint density at radius 3 is 2.75 bits per heavy atom. The van der Waals surface area contributed by atoms with Crippen LogP contribution in [0, 0.1) is 0 Å². The molecule has 6 heteroatoms. The summed E-state index contributed by atoms with van der Waals surface area (Å²) in [4.78, 5) is 0. The molecule has 0 spiro atoms. The molecule has 82 valence electrons. The van der Waals surface area contributed by atoms with Crippen molar-refractivity contribution >= 4 is 5.71 Å². The predicted octanol–water partition coefficient (Wildman–Crippen LogP) is 0.920. The minimum atomic E-state index is 0.368. The van der Waals surface area contributed by atoms with E-state index in [-0.39, 0.29) is 0 Å². The summed E-state index contributed by atoms with van der Waals surface area (Å²) in [5.74, 6) is 0.455. The Balaban J connectivity index is 2.46. The summed E-state index contributed by atoms with van der Waals surface area (Å²) in [6.07, 6.45) is 0. The highest BCUT2D eigenvalue weighted by Crippen LogP contribution is 2.07. The average Bonchev–Trinajstić information content (AvgIpc) is 2.80. The van der Waals surface area contributed by atoms with Gasteiger partial charge in [-0.2, -0.15) is 0 Å². The van der Waals surface area contributed by atoms with E-state index >= 15 is 0 Å². The highest BCUT2D eigenvalue weighted by molar-refractivity contribution is 6.10. The molecule has 0 amide bonds. The Morgan fingerprint density at radius 2 is 2.12 bits per heavy atom. The highest BCUT2D eigenvalue weighted by Gasteiger charge is 2.14. The summed E-state index contributed by atoms with van der Waals surface area (Å²) in [6, 6.07) is 9.29. The van der Waals surface area contributed by atoms with Gasteiger partial charge >= 0.3 is 0 Å². The maximum atomic E-state index is 9.05. The van der Waals surface area contributed by atoms with E-state index in [1.807, 2.05) is 37.3 Å². The highest BCUT2D eigenvalue weighted by atomic mass is 16.4. The van der Waals surface area contributed by atoms with Gasteiger partial charge in [0.2, 0.25) is 5.82 Å². The van der Waals surface area contributed by atoms with E-state index in [4.69, 9.17) is 5.21 Å². The minimum Gasteiger partial charge on any atom is -0.410 e. The van der Waals surface area contributed by atoms with E-state index in [1.165, 1.54) is 0 Å². The molecule has 1 aromatic heterocycles. The first kappa shape index (κ1) is 10.3. The monoisotopic (exact) mass is 217 g/mol. The third kappa shape index (κ3) is 1.77. The van der Waals surface area contributed by atoms with Gasteiger partial charge in [0.25, 0.3) is 0 Å². The van der Waals surface area contributed by atoms with Crippen molar-refractivity contribution in [2.45, 2.75) is 13.5 Å². The topological polar surface area (TPSA) is 76.2 Å². The van der Waals surface area contributed by atoms with Crippen LogP contribution >= 0.6 is 0 Å². The smallest absolute Gasteiger partial charge is 0.204 e. The number of hydrogen-bond donors (Lipinski definition) is 1. The van der Waals surface area contributed by atoms with Gasteiger partial charge in [0, 0.05) is 12.1 Å². The van der Waals surface area contributed by atoms with Crippen LogP contribution < -0.4 is 0 Å². The molecule has 0 aliphatic carbocycles. The van der Waals surface area contributed by atoms with Crippen molar-refractivity contribution < 1.29 is 5.21 Å². The molecule has 0 saturated carbocycles. The summed E-state index contributed by atoms with van der Waals surface area (Å²) in [7, 11) is 0. The number of hydrogen-bond acceptors (Lipinski definition) is 5. The van der Waals surface area contributed by atoms with Gasteiger partial charge in [-0.25, -0.2) is 4.68 Å². The summed E-state index contributed by atoms with van der Waals surface area (Å²) in [5, 5.41) is 23.5. The van der Waals surface area contributed by atoms with E-state index in [0.29, 0.717) is 18.1 Å². The molecule has 2 rings (SSSR count). The first-order valence-electron chi connectivity index (χ1n) is 4.90. The molecule has 0 aliphatic rings. The molecule has 1 heterocycles. The molecule has 2 aromatic rings. The summed E-state index contributed by atoms with van der Waals surface area (Å²) in [5.41, 5.74) is 1.14. The van der Waals surface area contributed by atoms with E-state index in [0.717, 1.165) is 5.56 Å². The van der Waals surface area contributed by atoms with Crippen LogP contribution in [0.15, 0.2) is 35.5 Å². The molecule has 0 bridgehead atoms. The van der Waals surface area contributed by atoms with E-state index < -0.39 is 0 Å². The number of aromatic nitrogens is 4. The second kappa shape index (κ2) is 4.52. The van der Waals surface area contributed by atoms with Crippen molar-refractivity contribution in [1.29, 1.82) is 0 Å². The van der Waals surface area contributed by atoms with Crippen molar-refractivity contribution in [3.05, 3.63) is 41.7 Å². The first-order valence-corrected chi connectivity index (χ1v) is 4.90. The Bertz CT molecular complexity index is 491. The van der Waals surface area contributed by atoms with Gasteiger partial charge in [-0.05, 0) is 17.4 Å². The van der Waals surface area contributed by atoms with Crippen LogP contribution in [0.3, 0.4) is 0 Å². The van der Waals surface area contributed by atoms with Crippen molar-refractivity contribution in [2.75, 3.05) is 0 Å². The fraction of sp³-hybridized carbons (Fsp3) is 0.200. The quantitative estimate of drug-likeness (QED) is 0.471. The molecule has 1 N–H and O–H groups in total. The number of tetrazole rings is 1. The standard InChI is InChI=1S/C10H11N5O/c1-2-15-10(11-13-14-15)9(12-16)8-6-4-3-5-7-8/h3-7,16H,2H2,1H3. The lowest BCUT2D eigenvalue weighted by Crippen LogP contribution is -2.13. The minimum absolute atomic E-state index is 0.368. The number of benzene rings is 1. The van der Waals surface area contributed by atoms with Crippen LogP contribution in [-0.2, 0) is 6.54 Å². The fourth-order valence-electron chi connectivity index (χ4n) is 1.41. The van der Waals surface area contributed by atoms with Gasteiger partial charge in [-0.15, -0.1) is 5.10 Å². The van der Waals surface area contributed by atoms with Crippen molar-refractivity contribution in [1.82, 2.24) is 20.2 Å². The van der Waals surface area contributed by atoms with Crippen LogP contribution in [-0.4, -0.2) is 31.1 Å². The maximum absolute atomic E-state index is 9.05. The van der Waals surface area contributed by atoms with Gasteiger partial charge in [0.15, 0.2) is 5.71 Å². The molecule has 6 nitrogen and oxygen atoms in total. The number of aryl methyl sites for hydroxylation is 1. The van der Waals surface area contributed by atoms with Gasteiger partial charge in [-0.3, -0.25) is 0 Å². The largest absolute Gasteiger partial charge is 0.410 e. The van der Waals surface area contributed by atoms with E-state index in [9.17, 15) is 0 Å². The summed E-state index contributed by atoms with van der Waals surface area (Å²) < 4.78 is 1.57. The lowest BCUT2D eigenvalue weighted by Gasteiger charge is -2.03. The lowest BCUT2D eigenvalue weighted by molar-refractivity contribution is 0.319. The second-order valence-corrected chi connectivity index (χ2v) is 3.13. The van der Waals surface area contributed by atoms with Gasteiger partial charge in [0.05, 0.1) is 0 Å². The SMILES string of the molecule is CCn1nnnc1C(=NO)c1ccccc1. The van der Waals surface area contributed by atoms with Crippen LogP contribution in [0.1, 0.15) is 18.3 Å². The van der Waals surface area contributed by atoms with Crippen molar-refractivity contribution in [3.8, 4) is 0 Å². The van der Waals surface area contributed by atoms with Crippen molar-refractivity contribution in [2.24, 2.45) is 5.16 Å². The Morgan fingerprint density at radius 1 is 1.38 bits per heavy atom. The molecule has 0 aliphatic heterocycles. The predicted molar refractivity (Wildman–Crippen MR) is 57.4 cm³/mol. The Hall–Kier alpha value is -2.24. The molecular weight excluding hydrogens is 206 g/mol. The summed E-state index contributed by atoms with van der Waals surface area (Å²) in [6.45, 7) is 2.54. The average molecular weight is 217 g/mol. The zero-order valence-corrected chi connectivity index (χ0v) is 8.78. The lowest BCUT2D eigenvalue weighted by atomic mass is 10.1. The van der Waals surface area contributed by atoms with Crippen LogP contribution in [0.5, 0.6) is 0 Å². The molecule has 0 unspecified atom stereocenters. The van der Waals surface area contributed by atoms with Crippen LogP contribution in [0.2, 0.25) is 0 Å². The molecule has 1 aromatic carbocycles. The Labute approximate surface area is 92.2 Å². The fourth-order valence-corrected chi connectivity index (χ4v) is 1.41. The Kier molecular flexibility index (Phi) is 2.90. The molecule has 0 atom stereocenters. The first-order chi connectivity index (χ1) is 7.86. The zero-order valence-electron chi connectivity index (χ0n) is 8.78. The molecule has 0 radical (unpaired) electrons. The maximum Gasteiger partial charge on any atom is 0.204 e. The van der Waals surface area contributed by atoms with Gasteiger partial charge in [-0.1, -0.05) is 35.5 Å². The molecule has 16 heavy (non-hydrogen) atoms. The van der Waals surface area contributed by atoms with E-state index in [2.05, 4.69) is 20.7 Å². The molecule has 0 saturated heterocycles. The zero-order chi connectivity index (χ0) is 11.4. The van der Waals surface area contributed by atoms with Crippen LogP contribution in [0.4, 0.5) is 0 Å². The number of rotatable bonds is 3. The van der Waals surface area contributed by atoms with Gasteiger partial charge < -0.3 is 5.21 Å². The van der Waals surface area contributed by atoms with Gasteiger partial charge in [0.1, 0.15) is 0 Å². The number of nitrogens with zero attached hydrogens (tertiary/aromatic N) is 5. The third-order valence-electron chi connectivity index (χ3n) is 2.19. The second-order valence-electron chi connectivity index (χ2n) is 3.13. The molecule has 0 fully saturated rings. The van der Waals surface area contributed by atoms with Crippen molar-refractivity contribution in [3.63, 3.8) is 0 Å². The van der Waals surface area contributed by atoms with Crippen LogP contribution in [0.25, 0.3) is 0 Å². The number of oxime groups is 1.